The van der Waals surface area contributed by atoms with Gasteiger partial charge in [0.15, 0.2) is 0 Å². The Kier molecular flexibility index (Phi) is 13.0. The van der Waals surface area contributed by atoms with E-state index in [1.807, 2.05) is 64.1 Å². The van der Waals surface area contributed by atoms with E-state index in [9.17, 15) is 4.79 Å². The topological polar surface area (TPSA) is 26.3 Å². The monoisotopic (exact) mass is 368 g/mol. The Bertz CT molecular complexity index is 563. The highest BCUT2D eigenvalue weighted by atomic mass is 35.5. The lowest BCUT2D eigenvalue weighted by atomic mass is 10.0. The van der Waals surface area contributed by atoms with Crippen LogP contribution in [0.3, 0.4) is 0 Å². The molecule has 0 radical (unpaired) electrons. The third-order valence-electron chi connectivity index (χ3n) is 2.85. The molecule has 0 saturated carbocycles. The smallest absolute Gasteiger partial charge is 0.252 e. The minimum Gasteiger partial charge on any atom is -0.494 e. The second-order valence-corrected chi connectivity index (χ2v) is 4.99. The summed E-state index contributed by atoms with van der Waals surface area (Å²) in [7, 11) is 0. The van der Waals surface area contributed by atoms with Crippen molar-refractivity contribution in [3.8, 4) is 16.9 Å². The molecule has 0 unspecified atom stereocenters. The Labute approximate surface area is 155 Å². The molecule has 2 aromatic rings. The molecule has 0 heterocycles. The van der Waals surface area contributed by atoms with Crippen molar-refractivity contribution >= 4 is 28.4 Å². The van der Waals surface area contributed by atoms with Gasteiger partial charge in [0.1, 0.15) is 5.75 Å². The van der Waals surface area contributed by atoms with Gasteiger partial charge in [-0.05, 0) is 53.4 Å². The average Bonchev–Trinajstić information content (AvgIpc) is 2.66. The summed E-state index contributed by atoms with van der Waals surface area (Å²) in [4.78, 5) is 11.0. The Morgan fingerprint density at radius 2 is 1.33 bits per heavy atom. The highest BCUT2D eigenvalue weighted by molar-refractivity contribution is 6.67. The molecular weight excluding hydrogens is 343 g/mol. The van der Waals surface area contributed by atoms with Crippen LogP contribution in [0, 0.1) is 0 Å². The van der Waals surface area contributed by atoms with E-state index in [4.69, 9.17) is 27.9 Å². The summed E-state index contributed by atoms with van der Waals surface area (Å²) in [5.41, 5.74) is 2.58. The molecule has 0 fully saturated rings. The SMILES string of the molecule is CC.CC.O=C(Cl)c1ccc(-c2ccc(OCCCCl)cc2)cc1. The Morgan fingerprint density at radius 3 is 1.75 bits per heavy atom. The lowest BCUT2D eigenvalue weighted by molar-refractivity contribution is 0.108. The van der Waals surface area contributed by atoms with E-state index in [2.05, 4.69) is 0 Å². The molecule has 0 aliphatic carbocycles. The van der Waals surface area contributed by atoms with E-state index < -0.39 is 5.24 Å². The molecule has 0 spiro atoms. The summed E-state index contributed by atoms with van der Waals surface area (Å²) in [6.07, 6.45) is 0.831. The first kappa shape index (κ1) is 22.5. The van der Waals surface area contributed by atoms with Crippen LogP contribution in [0.15, 0.2) is 48.5 Å². The van der Waals surface area contributed by atoms with Gasteiger partial charge in [0.2, 0.25) is 0 Å². The van der Waals surface area contributed by atoms with E-state index in [1.165, 1.54) is 0 Å². The predicted octanol–water partition coefficient (Wildman–Crippen LogP) is 6.79. The zero-order valence-corrected chi connectivity index (χ0v) is 16.3. The number of carbonyl (C=O) groups excluding carboxylic acids is 1. The van der Waals surface area contributed by atoms with E-state index in [-0.39, 0.29) is 0 Å². The lowest BCUT2D eigenvalue weighted by Gasteiger charge is -2.07. The summed E-state index contributed by atoms with van der Waals surface area (Å²) >= 11 is 11.0. The zero-order chi connectivity index (χ0) is 18.4. The van der Waals surface area contributed by atoms with Gasteiger partial charge in [-0.3, -0.25) is 4.79 Å². The largest absolute Gasteiger partial charge is 0.494 e. The fraction of sp³-hybridized carbons (Fsp3) is 0.350. The molecule has 0 bridgehead atoms. The van der Waals surface area contributed by atoms with Crippen LogP contribution >= 0.6 is 23.2 Å². The highest BCUT2D eigenvalue weighted by Crippen LogP contribution is 2.23. The molecule has 2 rings (SSSR count). The first-order valence-electron chi connectivity index (χ1n) is 8.30. The molecule has 0 atom stereocenters. The molecule has 4 heteroatoms. The number of rotatable bonds is 6. The van der Waals surface area contributed by atoms with Gasteiger partial charge in [-0.15, -0.1) is 11.6 Å². The number of benzene rings is 2. The quantitative estimate of drug-likeness (QED) is 0.318. The molecule has 0 amide bonds. The molecule has 0 aliphatic heterocycles. The van der Waals surface area contributed by atoms with Crippen molar-refractivity contribution < 1.29 is 9.53 Å². The van der Waals surface area contributed by atoms with Crippen molar-refractivity contribution in [1.82, 2.24) is 0 Å². The Balaban J connectivity index is 0.00000123. The second-order valence-electron chi connectivity index (χ2n) is 4.27. The van der Waals surface area contributed by atoms with E-state index in [0.29, 0.717) is 18.1 Å². The summed E-state index contributed by atoms with van der Waals surface area (Å²) in [5, 5.41) is -0.445. The van der Waals surface area contributed by atoms with E-state index in [0.717, 1.165) is 23.3 Å². The third-order valence-corrected chi connectivity index (χ3v) is 3.33. The van der Waals surface area contributed by atoms with Crippen LogP contribution < -0.4 is 4.74 Å². The van der Waals surface area contributed by atoms with Crippen molar-refractivity contribution in [2.75, 3.05) is 12.5 Å². The first-order valence-corrected chi connectivity index (χ1v) is 9.21. The van der Waals surface area contributed by atoms with Gasteiger partial charge in [-0.2, -0.15) is 0 Å². The fourth-order valence-electron chi connectivity index (χ4n) is 1.78. The maximum atomic E-state index is 11.0. The fourth-order valence-corrected chi connectivity index (χ4v) is 2.02. The summed E-state index contributed by atoms with van der Waals surface area (Å²) in [5.74, 6) is 1.43. The normalized spacial score (nSPS) is 9.08. The number of halogens is 2. The van der Waals surface area contributed by atoms with Crippen LogP contribution in [-0.4, -0.2) is 17.7 Å². The summed E-state index contributed by atoms with van der Waals surface area (Å²) in [6, 6.07) is 15.0. The molecule has 24 heavy (non-hydrogen) atoms. The van der Waals surface area contributed by atoms with Gasteiger partial charge in [0.05, 0.1) is 6.61 Å². The average molecular weight is 369 g/mol. The van der Waals surface area contributed by atoms with Gasteiger partial charge in [0.25, 0.3) is 5.24 Å². The number of hydrogen-bond acceptors (Lipinski definition) is 2. The van der Waals surface area contributed by atoms with Crippen LogP contribution in [0.2, 0.25) is 0 Å². The van der Waals surface area contributed by atoms with Crippen LogP contribution in [0.4, 0.5) is 0 Å². The minimum absolute atomic E-state index is 0.445. The number of hydrogen-bond donors (Lipinski definition) is 0. The second kappa shape index (κ2) is 13.9. The molecule has 0 N–H and O–H groups in total. The van der Waals surface area contributed by atoms with Crippen LogP contribution in [-0.2, 0) is 0 Å². The van der Waals surface area contributed by atoms with Crippen LogP contribution in [0.25, 0.3) is 11.1 Å². The van der Waals surface area contributed by atoms with Crippen LogP contribution in [0.1, 0.15) is 44.5 Å². The number of ether oxygens (including phenoxy) is 1. The van der Waals surface area contributed by atoms with Crippen molar-refractivity contribution in [2.45, 2.75) is 34.1 Å². The van der Waals surface area contributed by atoms with Crippen LogP contribution in [0.5, 0.6) is 5.75 Å². The first-order chi connectivity index (χ1) is 11.7. The van der Waals surface area contributed by atoms with E-state index in [1.54, 1.807) is 12.1 Å². The predicted molar refractivity (Wildman–Crippen MR) is 106 cm³/mol. The third kappa shape index (κ3) is 7.85. The molecule has 0 saturated heterocycles. The molecule has 0 aliphatic rings. The van der Waals surface area contributed by atoms with Crippen molar-refractivity contribution in [2.24, 2.45) is 0 Å². The van der Waals surface area contributed by atoms with Crippen molar-refractivity contribution in [3.63, 3.8) is 0 Å². The molecule has 0 aromatic heterocycles. The van der Waals surface area contributed by atoms with Gasteiger partial charge < -0.3 is 4.74 Å². The molecular formula is C20H26Cl2O2. The Hall–Kier alpha value is -1.51. The maximum absolute atomic E-state index is 11.0. The highest BCUT2D eigenvalue weighted by Gasteiger charge is 2.03. The standard InChI is InChI=1S/C16H14Cl2O2.2C2H6/c17-10-1-11-20-15-8-6-13(7-9-15)12-2-4-14(5-3-12)16(18)19;2*1-2/h2-9H,1,10-11H2;2*1-2H3. The molecule has 132 valence electrons. The maximum Gasteiger partial charge on any atom is 0.252 e. The summed E-state index contributed by atoms with van der Waals surface area (Å²) < 4.78 is 5.54. The molecule has 2 nitrogen and oxygen atoms in total. The lowest BCUT2D eigenvalue weighted by Crippen LogP contribution is -1.97. The van der Waals surface area contributed by atoms with Gasteiger partial charge in [-0.25, -0.2) is 0 Å². The number of carbonyl (C=O) groups is 1. The Morgan fingerprint density at radius 1 is 0.875 bits per heavy atom. The number of alkyl halides is 1. The van der Waals surface area contributed by atoms with E-state index >= 15 is 0 Å². The minimum atomic E-state index is -0.445. The molecule has 2 aromatic carbocycles. The van der Waals surface area contributed by atoms with Gasteiger partial charge >= 0.3 is 0 Å². The zero-order valence-electron chi connectivity index (χ0n) is 14.8. The van der Waals surface area contributed by atoms with Crippen molar-refractivity contribution in [1.29, 1.82) is 0 Å². The van der Waals surface area contributed by atoms with Gasteiger partial charge in [-0.1, -0.05) is 52.0 Å². The van der Waals surface area contributed by atoms with Gasteiger partial charge in [0, 0.05) is 11.4 Å². The van der Waals surface area contributed by atoms with Crippen molar-refractivity contribution in [3.05, 3.63) is 54.1 Å². The summed E-state index contributed by atoms with van der Waals surface area (Å²) in [6.45, 7) is 8.62.